The molecular formula is C15H25N3O2. The summed E-state index contributed by atoms with van der Waals surface area (Å²) >= 11 is 0. The highest BCUT2D eigenvalue weighted by Crippen LogP contribution is 2.35. The molecule has 1 fully saturated rings. The lowest BCUT2D eigenvalue weighted by Crippen LogP contribution is -2.43. The van der Waals surface area contributed by atoms with Crippen molar-refractivity contribution in [1.82, 2.24) is 14.7 Å². The Morgan fingerprint density at radius 1 is 1.40 bits per heavy atom. The zero-order chi connectivity index (χ0) is 14.8. The molecular weight excluding hydrogens is 254 g/mol. The molecule has 1 aliphatic rings. The van der Waals surface area contributed by atoms with E-state index in [2.05, 4.69) is 23.0 Å². The Labute approximate surface area is 120 Å². The van der Waals surface area contributed by atoms with E-state index in [1.54, 1.807) is 0 Å². The van der Waals surface area contributed by atoms with E-state index in [0.717, 1.165) is 51.0 Å². The summed E-state index contributed by atoms with van der Waals surface area (Å²) in [7, 11) is 1.98. The van der Waals surface area contributed by atoms with Gasteiger partial charge in [-0.3, -0.25) is 14.4 Å². The molecule has 20 heavy (non-hydrogen) atoms. The zero-order valence-corrected chi connectivity index (χ0v) is 12.7. The third kappa shape index (κ3) is 2.87. The van der Waals surface area contributed by atoms with Crippen LogP contribution in [-0.2, 0) is 24.8 Å². The summed E-state index contributed by atoms with van der Waals surface area (Å²) in [4.78, 5) is 13.8. The van der Waals surface area contributed by atoms with Gasteiger partial charge in [0, 0.05) is 13.6 Å². The molecule has 5 nitrogen and oxygen atoms in total. The van der Waals surface area contributed by atoms with Crippen molar-refractivity contribution in [1.29, 1.82) is 0 Å². The van der Waals surface area contributed by atoms with Crippen molar-refractivity contribution in [2.75, 3.05) is 13.1 Å². The average molecular weight is 279 g/mol. The van der Waals surface area contributed by atoms with Crippen LogP contribution in [0.1, 0.15) is 44.5 Å². The van der Waals surface area contributed by atoms with Crippen LogP contribution in [-0.4, -0.2) is 38.8 Å². The van der Waals surface area contributed by atoms with E-state index in [0.29, 0.717) is 0 Å². The quantitative estimate of drug-likeness (QED) is 0.896. The Bertz CT molecular complexity index is 473. The molecule has 0 atom stereocenters. The minimum absolute atomic E-state index is 0.502. The van der Waals surface area contributed by atoms with Crippen LogP contribution in [0.2, 0.25) is 0 Å². The van der Waals surface area contributed by atoms with Gasteiger partial charge in [-0.1, -0.05) is 13.8 Å². The molecule has 0 aliphatic carbocycles. The summed E-state index contributed by atoms with van der Waals surface area (Å²) in [6, 6.07) is 2.15. The monoisotopic (exact) mass is 279 g/mol. The largest absolute Gasteiger partial charge is 0.481 e. The van der Waals surface area contributed by atoms with Gasteiger partial charge in [-0.05, 0) is 44.8 Å². The van der Waals surface area contributed by atoms with Crippen LogP contribution in [0.5, 0.6) is 0 Å². The van der Waals surface area contributed by atoms with Gasteiger partial charge in [0.25, 0.3) is 0 Å². The Morgan fingerprint density at radius 3 is 2.50 bits per heavy atom. The smallest absolute Gasteiger partial charge is 0.309 e. The SMILES string of the molecule is CCc1cc(CN2CCC(CC)(C(=O)O)CC2)n(C)n1. The maximum Gasteiger partial charge on any atom is 0.309 e. The maximum atomic E-state index is 11.4. The molecule has 0 aromatic carbocycles. The average Bonchev–Trinajstić information content (AvgIpc) is 2.80. The summed E-state index contributed by atoms with van der Waals surface area (Å²) in [6.45, 7) is 6.66. The van der Waals surface area contributed by atoms with Crippen LogP contribution in [0.25, 0.3) is 0 Å². The van der Waals surface area contributed by atoms with Crippen molar-refractivity contribution >= 4 is 5.97 Å². The highest BCUT2D eigenvalue weighted by molar-refractivity contribution is 5.74. The number of likely N-dealkylation sites (tertiary alicyclic amines) is 1. The van der Waals surface area contributed by atoms with Gasteiger partial charge in [0.1, 0.15) is 0 Å². The Hall–Kier alpha value is -1.36. The third-order valence-electron chi connectivity index (χ3n) is 4.72. The van der Waals surface area contributed by atoms with Gasteiger partial charge in [-0.15, -0.1) is 0 Å². The van der Waals surface area contributed by atoms with Crippen molar-refractivity contribution in [2.45, 2.75) is 46.1 Å². The first-order chi connectivity index (χ1) is 9.50. The van der Waals surface area contributed by atoms with E-state index in [-0.39, 0.29) is 0 Å². The summed E-state index contributed by atoms with van der Waals surface area (Å²) in [5.41, 5.74) is 1.83. The van der Waals surface area contributed by atoms with Gasteiger partial charge in [0.2, 0.25) is 0 Å². The lowest BCUT2D eigenvalue weighted by atomic mass is 9.76. The maximum absolute atomic E-state index is 11.4. The minimum atomic E-state index is -0.631. The zero-order valence-electron chi connectivity index (χ0n) is 12.7. The summed E-state index contributed by atoms with van der Waals surface area (Å²) in [5, 5.41) is 13.9. The second-order valence-corrected chi connectivity index (χ2v) is 5.82. The van der Waals surface area contributed by atoms with Crippen molar-refractivity contribution < 1.29 is 9.90 Å². The first kappa shape index (κ1) is 15.0. The summed E-state index contributed by atoms with van der Waals surface area (Å²) < 4.78 is 1.94. The second-order valence-electron chi connectivity index (χ2n) is 5.82. The number of hydrogen-bond acceptors (Lipinski definition) is 3. The van der Waals surface area contributed by atoms with Gasteiger partial charge in [0.15, 0.2) is 0 Å². The first-order valence-corrected chi connectivity index (χ1v) is 7.48. The predicted octanol–water partition coefficient (Wildman–Crippen LogP) is 2.06. The van der Waals surface area contributed by atoms with Crippen LogP contribution in [0.4, 0.5) is 0 Å². The summed E-state index contributed by atoms with van der Waals surface area (Å²) in [5.74, 6) is -0.631. The molecule has 5 heteroatoms. The predicted molar refractivity (Wildman–Crippen MR) is 77.5 cm³/mol. The van der Waals surface area contributed by atoms with Gasteiger partial charge < -0.3 is 5.11 Å². The van der Waals surface area contributed by atoms with Crippen LogP contribution in [0, 0.1) is 5.41 Å². The normalized spacial score (nSPS) is 19.1. The van der Waals surface area contributed by atoms with Crippen molar-refractivity contribution in [3.05, 3.63) is 17.5 Å². The first-order valence-electron chi connectivity index (χ1n) is 7.48. The summed E-state index contributed by atoms with van der Waals surface area (Å²) in [6.07, 6.45) is 3.17. The van der Waals surface area contributed by atoms with Crippen LogP contribution < -0.4 is 0 Å². The van der Waals surface area contributed by atoms with E-state index in [1.807, 2.05) is 18.7 Å². The fourth-order valence-corrected chi connectivity index (χ4v) is 2.98. The highest BCUT2D eigenvalue weighted by Gasteiger charge is 2.39. The number of carboxylic acids is 1. The van der Waals surface area contributed by atoms with E-state index in [4.69, 9.17) is 0 Å². The molecule has 1 aromatic rings. The van der Waals surface area contributed by atoms with Crippen LogP contribution in [0.3, 0.4) is 0 Å². The van der Waals surface area contributed by atoms with Crippen LogP contribution in [0.15, 0.2) is 6.07 Å². The van der Waals surface area contributed by atoms with Gasteiger partial charge in [0.05, 0.1) is 16.8 Å². The second kappa shape index (κ2) is 5.95. The van der Waals surface area contributed by atoms with E-state index in [1.165, 1.54) is 5.69 Å². The molecule has 0 radical (unpaired) electrons. The van der Waals surface area contributed by atoms with E-state index < -0.39 is 11.4 Å². The Morgan fingerprint density at radius 2 is 2.05 bits per heavy atom. The number of aromatic nitrogens is 2. The molecule has 1 N–H and O–H groups in total. The molecule has 0 bridgehead atoms. The molecule has 1 saturated heterocycles. The number of aryl methyl sites for hydroxylation is 2. The molecule has 0 unspecified atom stereocenters. The fourth-order valence-electron chi connectivity index (χ4n) is 2.98. The number of rotatable bonds is 5. The molecule has 0 saturated carbocycles. The van der Waals surface area contributed by atoms with Crippen molar-refractivity contribution in [3.8, 4) is 0 Å². The van der Waals surface area contributed by atoms with E-state index in [9.17, 15) is 9.90 Å². The number of aliphatic carboxylic acids is 1. The lowest BCUT2D eigenvalue weighted by Gasteiger charge is -2.38. The number of nitrogens with zero attached hydrogens (tertiary/aromatic N) is 3. The van der Waals surface area contributed by atoms with Crippen molar-refractivity contribution in [2.24, 2.45) is 12.5 Å². The molecule has 112 valence electrons. The topological polar surface area (TPSA) is 58.4 Å². The van der Waals surface area contributed by atoms with Crippen molar-refractivity contribution in [3.63, 3.8) is 0 Å². The fraction of sp³-hybridized carbons (Fsp3) is 0.733. The Kier molecular flexibility index (Phi) is 4.48. The molecule has 1 aromatic heterocycles. The molecule has 1 aliphatic heterocycles. The number of carboxylic acid groups (broad SMARTS) is 1. The van der Waals surface area contributed by atoms with Gasteiger partial charge in [-0.2, -0.15) is 5.10 Å². The van der Waals surface area contributed by atoms with Gasteiger partial charge in [-0.25, -0.2) is 0 Å². The lowest BCUT2D eigenvalue weighted by molar-refractivity contribution is -0.152. The molecule has 2 heterocycles. The highest BCUT2D eigenvalue weighted by atomic mass is 16.4. The number of carbonyl (C=O) groups is 1. The molecule has 0 amide bonds. The molecule has 0 spiro atoms. The van der Waals surface area contributed by atoms with Crippen LogP contribution >= 0.6 is 0 Å². The number of hydrogen-bond donors (Lipinski definition) is 1. The minimum Gasteiger partial charge on any atom is -0.481 e. The standard InChI is InChI=1S/C15H25N3O2/c1-4-12-10-13(17(3)16-12)11-18-8-6-15(5-2,7-9-18)14(19)20/h10H,4-9,11H2,1-3H3,(H,19,20). The molecule has 2 rings (SSSR count). The number of piperidine rings is 1. The Balaban J connectivity index is 1.97. The third-order valence-corrected chi connectivity index (χ3v) is 4.72. The van der Waals surface area contributed by atoms with Gasteiger partial charge >= 0.3 is 5.97 Å². The van der Waals surface area contributed by atoms with E-state index >= 15 is 0 Å².